The maximum Gasteiger partial charge on any atom is 0.418 e. The van der Waals surface area contributed by atoms with Crippen LogP contribution >= 0.6 is 0 Å². The van der Waals surface area contributed by atoms with E-state index in [4.69, 9.17) is 5.73 Å². The second-order valence-corrected chi connectivity index (χ2v) is 5.48. The number of nitrogens with two attached hydrogens (primary N) is 1. The molecule has 0 bridgehead atoms. The molecule has 17 heavy (non-hydrogen) atoms. The molecule has 1 rings (SSSR count). The van der Waals surface area contributed by atoms with E-state index < -0.39 is 24.2 Å². The van der Waals surface area contributed by atoms with Gasteiger partial charge < -0.3 is 10.8 Å². The van der Waals surface area contributed by atoms with E-state index in [1.54, 1.807) is 0 Å². The summed E-state index contributed by atoms with van der Waals surface area (Å²) in [5.74, 6) is 0.219. The van der Waals surface area contributed by atoms with E-state index in [2.05, 4.69) is 13.8 Å². The lowest BCUT2D eigenvalue weighted by Gasteiger charge is -2.41. The molecular weight excluding hydrogens is 231 g/mol. The smallest absolute Gasteiger partial charge is 0.379 e. The summed E-state index contributed by atoms with van der Waals surface area (Å²) >= 11 is 0. The summed E-state index contributed by atoms with van der Waals surface area (Å²) in [7, 11) is 0. The van der Waals surface area contributed by atoms with Crippen LogP contribution in [-0.2, 0) is 0 Å². The fraction of sp³-hybridized carbons (Fsp3) is 1.00. The summed E-state index contributed by atoms with van der Waals surface area (Å²) in [6.07, 6.45) is -2.30. The van der Waals surface area contributed by atoms with Crippen molar-refractivity contribution in [3.8, 4) is 0 Å². The van der Waals surface area contributed by atoms with Crippen LogP contribution in [0.15, 0.2) is 0 Å². The number of hydrogen-bond donors (Lipinski definition) is 2. The number of halogens is 3. The molecule has 0 saturated heterocycles. The third-order valence-electron chi connectivity index (χ3n) is 4.19. The Kier molecular flexibility index (Phi) is 4.47. The second-order valence-electron chi connectivity index (χ2n) is 5.48. The van der Waals surface area contributed by atoms with E-state index in [1.165, 1.54) is 0 Å². The van der Waals surface area contributed by atoms with Crippen molar-refractivity contribution < 1.29 is 18.3 Å². The standard InChI is InChI=1S/C12H22F3NO/c1-8(2)9-3-5-10(6-4-9)11(17,7-16)12(13,14)15/h8-10,17H,3-7,16H2,1-2H3. The van der Waals surface area contributed by atoms with Gasteiger partial charge in [-0.1, -0.05) is 13.8 Å². The van der Waals surface area contributed by atoms with Gasteiger partial charge in [-0.3, -0.25) is 0 Å². The third kappa shape index (κ3) is 2.94. The molecular formula is C12H22F3NO. The van der Waals surface area contributed by atoms with Crippen LogP contribution in [0.3, 0.4) is 0 Å². The Bertz CT molecular complexity index is 247. The van der Waals surface area contributed by atoms with Crippen LogP contribution in [-0.4, -0.2) is 23.4 Å². The summed E-state index contributed by atoms with van der Waals surface area (Å²) in [5, 5.41) is 9.76. The molecule has 1 aliphatic carbocycles. The van der Waals surface area contributed by atoms with Gasteiger partial charge in [-0.25, -0.2) is 0 Å². The minimum Gasteiger partial charge on any atom is -0.379 e. The first-order valence-corrected chi connectivity index (χ1v) is 6.21. The summed E-state index contributed by atoms with van der Waals surface area (Å²) in [5.41, 5.74) is 2.45. The first kappa shape index (κ1) is 14.8. The van der Waals surface area contributed by atoms with E-state index in [-0.39, 0.29) is 0 Å². The van der Waals surface area contributed by atoms with Gasteiger partial charge in [0.05, 0.1) is 0 Å². The molecule has 0 aromatic rings. The molecule has 0 amide bonds. The van der Waals surface area contributed by atoms with E-state index in [0.29, 0.717) is 24.7 Å². The molecule has 0 radical (unpaired) electrons. The maximum absolute atomic E-state index is 12.8. The Morgan fingerprint density at radius 1 is 1.18 bits per heavy atom. The molecule has 1 aliphatic rings. The van der Waals surface area contributed by atoms with Crippen molar-refractivity contribution in [3.63, 3.8) is 0 Å². The molecule has 3 N–H and O–H groups in total. The highest BCUT2D eigenvalue weighted by atomic mass is 19.4. The quantitative estimate of drug-likeness (QED) is 0.812. The van der Waals surface area contributed by atoms with Crippen LogP contribution in [0.1, 0.15) is 39.5 Å². The van der Waals surface area contributed by atoms with Crippen molar-refractivity contribution in [3.05, 3.63) is 0 Å². The summed E-state index contributed by atoms with van der Waals surface area (Å²) in [6.45, 7) is 3.43. The highest BCUT2D eigenvalue weighted by Crippen LogP contribution is 2.44. The number of aliphatic hydroxyl groups is 1. The summed E-state index contributed by atoms with van der Waals surface area (Å²) in [4.78, 5) is 0. The Hall–Kier alpha value is -0.290. The molecule has 102 valence electrons. The average Bonchev–Trinajstić information content (AvgIpc) is 2.26. The van der Waals surface area contributed by atoms with Crippen LogP contribution in [0.5, 0.6) is 0 Å². The van der Waals surface area contributed by atoms with Crippen molar-refractivity contribution in [2.75, 3.05) is 6.54 Å². The van der Waals surface area contributed by atoms with Crippen molar-refractivity contribution in [2.45, 2.75) is 51.3 Å². The minimum absolute atomic E-state index is 0.413. The lowest BCUT2D eigenvalue weighted by Crippen LogP contribution is -2.57. The number of alkyl halides is 3. The zero-order valence-corrected chi connectivity index (χ0v) is 10.4. The molecule has 0 aromatic carbocycles. The fourth-order valence-electron chi connectivity index (χ4n) is 2.78. The van der Waals surface area contributed by atoms with Gasteiger partial charge >= 0.3 is 6.18 Å². The minimum atomic E-state index is -4.63. The highest BCUT2D eigenvalue weighted by Gasteiger charge is 2.57. The summed E-state index contributed by atoms with van der Waals surface area (Å²) in [6, 6.07) is 0. The molecule has 1 unspecified atom stereocenters. The number of rotatable bonds is 3. The number of hydrogen-bond acceptors (Lipinski definition) is 2. The largest absolute Gasteiger partial charge is 0.418 e. The first-order valence-electron chi connectivity index (χ1n) is 6.21. The fourth-order valence-corrected chi connectivity index (χ4v) is 2.78. The van der Waals surface area contributed by atoms with Gasteiger partial charge in [-0.2, -0.15) is 13.2 Å². The van der Waals surface area contributed by atoms with Crippen molar-refractivity contribution in [1.82, 2.24) is 0 Å². The molecule has 1 saturated carbocycles. The maximum atomic E-state index is 12.8. The monoisotopic (exact) mass is 253 g/mol. The van der Waals surface area contributed by atoms with Gasteiger partial charge in [-0.15, -0.1) is 0 Å². The molecule has 1 fully saturated rings. The van der Waals surface area contributed by atoms with Gasteiger partial charge in [0.2, 0.25) is 0 Å². The Morgan fingerprint density at radius 2 is 1.65 bits per heavy atom. The van der Waals surface area contributed by atoms with Gasteiger partial charge in [-0.05, 0) is 43.4 Å². The Balaban J connectivity index is 2.69. The van der Waals surface area contributed by atoms with Crippen LogP contribution in [0.4, 0.5) is 13.2 Å². The molecule has 2 nitrogen and oxygen atoms in total. The molecule has 0 heterocycles. The zero-order valence-electron chi connectivity index (χ0n) is 10.4. The van der Waals surface area contributed by atoms with Crippen LogP contribution < -0.4 is 5.73 Å². The molecule has 0 aromatic heterocycles. The Labute approximate surface area is 100 Å². The van der Waals surface area contributed by atoms with Crippen LogP contribution in [0.25, 0.3) is 0 Å². The van der Waals surface area contributed by atoms with Crippen molar-refractivity contribution in [1.29, 1.82) is 0 Å². The SMILES string of the molecule is CC(C)C1CCC(C(O)(CN)C(F)(F)F)CC1. The van der Waals surface area contributed by atoms with Crippen molar-refractivity contribution >= 4 is 0 Å². The second kappa shape index (κ2) is 5.14. The van der Waals surface area contributed by atoms with Crippen molar-refractivity contribution in [2.24, 2.45) is 23.5 Å². The third-order valence-corrected chi connectivity index (χ3v) is 4.19. The molecule has 5 heteroatoms. The van der Waals surface area contributed by atoms with E-state index in [0.717, 1.165) is 12.8 Å². The van der Waals surface area contributed by atoms with E-state index in [1.807, 2.05) is 0 Å². The highest BCUT2D eigenvalue weighted by molar-refractivity contribution is 4.96. The molecule has 1 atom stereocenters. The van der Waals surface area contributed by atoms with Gasteiger partial charge in [0.15, 0.2) is 5.60 Å². The average molecular weight is 253 g/mol. The summed E-state index contributed by atoms with van der Waals surface area (Å²) < 4.78 is 38.4. The van der Waals surface area contributed by atoms with Crippen LogP contribution in [0, 0.1) is 17.8 Å². The topological polar surface area (TPSA) is 46.2 Å². The van der Waals surface area contributed by atoms with E-state index >= 15 is 0 Å². The normalized spacial score (nSPS) is 30.4. The lowest BCUT2D eigenvalue weighted by atomic mass is 9.70. The lowest BCUT2D eigenvalue weighted by molar-refractivity contribution is -0.279. The Morgan fingerprint density at radius 3 is 1.94 bits per heavy atom. The predicted molar refractivity (Wildman–Crippen MR) is 60.3 cm³/mol. The van der Waals surface area contributed by atoms with Gasteiger partial charge in [0.25, 0.3) is 0 Å². The van der Waals surface area contributed by atoms with Gasteiger partial charge in [0.1, 0.15) is 0 Å². The molecule has 0 spiro atoms. The van der Waals surface area contributed by atoms with Crippen LogP contribution in [0.2, 0.25) is 0 Å². The predicted octanol–water partition coefficient (Wildman–Crippen LogP) is 2.70. The van der Waals surface area contributed by atoms with Gasteiger partial charge in [0, 0.05) is 6.54 Å². The van der Waals surface area contributed by atoms with E-state index in [9.17, 15) is 18.3 Å². The molecule has 0 aliphatic heterocycles. The zero-order chi connectivity index (χ0) is 13.3. The first-order chi connectivity index (χ1) is 7.72.